The zero-order valence-electron chi connectivity index (χ0n) is 12.3. The molecule has 0 saturated heterocycles. The highest BCUT2D eigenvalue weighted by molar-refractivity contribution is 4.85. The van der Waals surface area contributed by atoms with Crippen LogP contribution in [0.2, 0.25) is 0 Å². The van der Waals surface area contributed by atoms with Crippen LogP contribution in [0, 0.1) is 23.7 Å². The molecule has 0 N–H and O–H groups in total. The molecule has 0 amide bonds. The molecular formula is C17H32. The molecule has 0 nitrogen and oxygen atoms in total. The van der Waals surface area contributed by atoms with E-state index in [-0.39, 0.29) is 0 Å². The number of allylic oxidation sites excluding steroid dienone is 1. The third-order valence-corrected chi connectivity index (χ3v) is 4.85. The second-order valence-corrected chi connectivity index (χ2v) is 6.36. The Morgan fingerprint density at radius 1 is 1.06 bits per heavy atom. The van der Waals surface area contributed by atoms with Gasteiger partial charge in [0.2, 0.25) is 0 Å². The lowest BCUT2D eigenvalue weighted by Gasteiger charge is -2.31. The SMILES string of the molecule is C=CC1CCC(C(C)CCC(C)CCC)CC1. The lowest BCUT2D eigenvalue weighted by Crippen LogP contribution is -2.19. The summed E-state index contributed by atoms with van der Waals surface area (Å²) in [5.41, 5.74) is 0. The van der Waals surface area contributed by atoms with Crippen LogP contribution >= 0.6 is 0 Å². The Morgan fingerprint density at radius 3 is 2.24 bits per heavy atom. The van der Waals surface area contributed by atoms with E-state index in [1.165, 1.54) is 51.4 Å². The molecule has 0 bridgehead atoms. The van der Waals surface area contributed by atoms with Crippen LogP contribution in [0.25, 0.3) is 0 Å². The fourth-order valence-electron chi connectivity index (χ4n) is 3.37. The first-order valence-electron chi connectivity index (χ1n) is 7.79. The molecule has 1 aliphatic carbocycles. The molecule has 0 aromatic heterocycles. The van der Waals surface area contributed by atoms with Gasteiger partial charge in [0.05, 0.1) is 0 Å². The van der Waals surface area contributed by atoms with Gasteiger partial charge in [-0.25, -0.2) is 0 Å². The second kappa shape index (κ2) is 7.95. The van der Waals surface area contributed by atoms with Gasteiger partial charge in [-0.05, 0) is 49.4 Å². The van der Waals surface area contributed by atoms with E-state index in [0.717, 1.165) is 23.7 Å². The quantitative estimate of drug-likeness (QED) is 0.488. The van der Waals surface area contributed by atoms with Crippen LogP contribution in [0.4, 0.5) is 0 Å². The standard InChI is InChI=1S/C17H32/c1-5-7-14(3)8-9-15(4)17-12-10-16(6-2)11-13-17/h6,14-17H,2,5,7-13H2,1,3-4H3. The molecule has 1 rings (SSSR count). The van der Waals surface area contributed by atoms with E-state index < -0.39 is 0 Å². The number of rotatable bonds is 7. The molecule has 0 heterocycles. The minimum Gasteiger partial charge on any atom is -0.103 e. The maximum absolute atomic E-state index is 3.93. The summed E-state index contributed by atoms with van der Waals surface area (Å²) in [6, 6.07) is 0. The van der Waals surface area contributed by atoms with Crippen LogP contribution < -0.4 is 0 Å². The topological polar surface area (TPSA) is 0 Å². The van der Waals surface area contributed by atoms with Gasteiger partial charge in [0.25, 0.3) is 0 Å². The summed E-state index contributed by atoms with van der Waals surface area (Å²) in [7, 11) is 0. The molecule has 1 aliphatic rings. The monoisotopic (exact) mass is 236 g/mol. The molecule has 1 fully saturated rings. The Balaban J connectivity index is 2.19. The molecule has 2 atom stereocenters. The van der Waals surface area contributed by atoms with E-state index in [9.17, 15) is 0 Å². The van der Waals surface area contributed by atoms with Crippen LogP contribution in [0.3, 0.4) is 0 Å². The summed E-state index contributed by atoms with van der Waals surface area (Å²) in [5, 5.41) is 0. The van der Waals surface area contributed by atoms with Crippen molar-refractivity contribution in [2.24, 2.45) is 23.7 Å². The van der Waals surface area contributed by atoms with Gasteiger partial charge in [-0.15, -0.1) is 6.58 Å². The van der Waals surface area contributed by atoms with Crippen molar-refractivity contribution >= 4 is 0 Å². The minimum absolute atomic E-state index is 0.817. The largest absolute Gasteiger partial charge is 0.103 e. The fourth-order valence-corrected chi connectivity index (χ4v) is 3.37. The van der Waals surface area contributed by atoms with E-state index in [1.54, 1.807) is 0 Å². The normalized spacial score (nSPS) is 28.6. The third kappa shape index (κ3) is 5.27. The van der Waals surface area contributed by atoms with Crippen molar-refractivity contribution in [3.63, 3.8) is 0 Å². The van der Waals surface area contributed by atoms with Crippen molar-refractivity contribution in [2.75, 3.05) is 0 Å². The summed E-state index contributed by atoms with van der Waals surface area (Å²) < 4.78 is 0. The first kappa shape index (κ1) is 14.8. The Bertz CT molecular complexity index is 198. The highest BCUT2D eigenvalue weighted by Crippen LogP contribution is 2.36. The van der Waals surface area contributed by atoms with Crippen molar-refractivity contribution in [1.82, 2.24) is 0 Å². The van der Waals surface area contributed by atoms with E-state index in [2.05, 4.69) is 33.4 Å². The molecular weight excluding hydrogens is 204 g/mol. The molecule has 1 saturated carbocycles. The maximum atomic E-state index is 3.93. The van der Waals surface area contributed by atoms with Crippen molar-refractivity contribution < 1.29 is 0 Å². The predicted octanol–water partition coefficient (Wildman–Crippen LogP) is 5.83. The Hall–Kier alpha value is -0.260. The highest BCUT2D eigenvalue weighted by Gasteiger charge is 2.23. The van der Waals surface area contributed by atoms with Gasteiger partial charge >= 0.3 is 0 Å². The van der Waals surface area contributed by atoms with Gasteiger partial charge < -0.3 is 0 Å². The Labute approximate surface area is 109 Å². The Kier molecular flexibility index (Phi) is 6.92. The maximum Gasteiger partial charge on any atom is -0.0236 e. The van der Waals surface area contributed by atoms with Crippen molar-refractivity contribution in [1.29, 1.82) is 0 Å². The molecule has 0 spiro atoms. The molecule has 2 unspecified atom stereocenters. The van der Waals surface area contributed by atoms with E-state index in [4.69, 9.17) is 0 Å². The molecule has 100 valence electrons. The summed E-state index contributed by atoms with van der Waals surface area (Å²) in [6.07, 6.45) is 13.5. The average Bonchev–Trinajstić information content (AvgIpc) is 2.36. The minimum atomic E-state index is 0.817. The van der Waals surface area contributed by atoms with E-state index >= 15 is 0 Å². The molecule has 0 aromatic carbocycles. The molecule has 0 radical (unpaired) electrons. The molecule has 0 heteroatoms. The van der Waals surface area contributed by atoms with Gasteiger partial charge in [-0.1, -0.05) is 52.5 Å². The molecule has 17 heavy (non-hydrogen) atoms. The van der Waals surface area contributed by atoms with Gasteiger partial charge in [0, 0.05) is 0 Å². The predicted molar refractivity (Wildman–Crippen MR) is 78.1 cm³/mol. The number of hydrogen-bond donors (Lipinski definition) is 0. The van der Waals surface area contributed by atoms with Crippen LogP contribution in [-0.4, -0.2) is 0 Å². The lowest BCUT2D eigenvalue weighted by atomic mass is 9.74. The van der Waals surface area contributed by atoms with E-state index in [0.29, 0.717) is 0 Å². The van der Waals surface area contributed by atoms with E-state index in [1.807, 2.05) is 0 Å². The summed E-state index contributed by atoms with van der Waals surface area (Å²) >= 11 is 0. The third-order valence-electron chi connectivity index (χ3n) is 4.85. The number of hydrogen-bond acceptors (Lipinski definition) is 0. The first-order valence-corrected chi connectivity index (χ1v) is 7.79. The second-order valence-electron chi connectivity index (χ2n) is 6.36. The lowest BCUT2D eigenvalue weighted by molar-refractivity contribution is 0.217. The zero-order valence-corrected chi connectivity index (χ0v) is 12.3. The molecule has 0 aromatic rings. The smallest absolute Gasteiger partial charge is 0.0236 e. The fraction of sp³-hybridized carbons (Fsp3) is 0.882. The van der Waals surface area contributed by atoms with Crippen LogP contribution in [0.15, 0.2) is 12.7 Å². The van der Waals surface area contributed by atoms with Crippen LogP contribution in [0.5, 0.6) is 0 Å². The Morgan fingerprint density at radius 2 is 1.71 bits per heavy atom. The van der Waals surface area contributed by atoms with Crippen LogP contribution in [-0.2, 0) is 0 Å². The zero-order chi connectivity index (χ0) is 12.7. The van der Waals surface area contributed by atoms with Crippen molar-refractivity contribution in [3.05, 3.63) is 12.7 Å². The van der Waals surface area contributed by atoms with Crippen LogP contribution in [0.1, 0.15) is 72.1 Å². The average molecular weight is 236 g/mol. The first-order chi connectivity index (χ1) is 8.17. The highest BCUT2D eigenvalue weighted by atomic mass is 14.3. The summed E-state index contributed by atoms with van der Waals surface area (Å²) in [4.78, 5) is 0. The van der Waals surface area contributed by atoms with Gasteiger partial charge in [0.15, 0.2) is 0 Å². The van der Waals surface area contributed by atoms with Gasteiger partial charge in [0.1, 0.15) is 0 Å². The summed E-state index contributed by atoms with van der Waals surface area (Å²) in [5.74, 6) is 3.70. The molecule has 0 aliphatic heterocycles. The van der Waals surface area contributed by atoms with Crippen molar-refractivity contribution in [3.8, 4) is 0 Å². The summed E-state index contributed by atoms with van der Waals surface area (Å²) in [6.45, 7) is 11.1. The van der Waals surface area contributed by atoms with Crippen molar-refractivity contribution in [2.45, 2.75) is 72.1 Å². The van der Waals surface area contributed by atoms with Gasteiger partial charge in [-0.3, -0.25) is 0 Å². The van der Waals surface area contributed by atoms with Gasteiger partial charge in [-0.2, -0.15) is 0 Å².